The lowest BCUT2D eigenvalue weighted by Gasteiger charge is -2.26. The van der Waals surface area contributed by atoms with Crippen LogP contribution in [0.2, 0.25) is 0 Å². The lowest BCUT2D eigenvalue weighted by atomic mass is 10.1. The molecule has 166 valence electrons. The number of carbonyl (C=O) groups excluding carboxylic acids is 1. The number of anilines is 2. The van der Waals surface area contributed by atoms with Gasteiger partial charge in [0.15, 0.2) is 0 Å². The van der Waals surface area contributed by atoms with Gasteiger partial charge in [-0.05, 0) is 41.6 Å². The summed E-state index contributed by atoms with van der Waals surface area (Å²) >= 11 is 0. The molecule has 1 saturated heterocycles. The van der Waals surface area contributed by atoms with Crippen LogP contribution in [-0.4, -0.2) is 58.6 Å². The van der Waals surface area contributed by atoms with Crippen molar-refractivity contribution >= 4 is 38.1 Å². The Morgan fingerprint density at radius 1 is 0.969 bits per heavy atom. The Morgan fingerprint density at radius 2 is 1.69 bits per heavy atom. The Kier molecular flexibility index (Phi) is 5.58. The van der Waals surface area contributed by atoms with Crippen LogP contribution >= 0.6 is 0 Å². The van der Waals surface area contributed by atoms with Gasteiger partial charge >= 0.3 is 0 Å². The van der Waals surface area contributed by atoms with Crippen LogP contribution in [0.5, 0.6) is 0 Å². The number of sulfonamides is 1. The molecule has 3 aromatic carbocycles. The van der Waals surface area contributed by atoms with Gasteiger partial charge < -0.3 is 10.1 Å². The van der Waals surface area contributed by atoms with Crippen molar-refractivity contribution in [2.45, 2.75) is 11.3 Å². The SMILES string of the molecule is O=C(CN1c2cccc3cccc(c23)S1(=O)=O)Nc1ccc(CCN2CCOCC2)cc1. The summed E-state index contributed by atoms with van der Waals surface area (Å²) in [6, 6.07) is 18.3. The van der Waals surface area contributed by atoms with E-state index in [2.05, 4.69) is 10.2 Å². The average molecular weight is 452 g/mol. The highest BCUT2D eigenvalue weighted by Gasteiger charge is 2.36. The molecule has 0 unspecified atom stereocenters. The van der Waals surface area contributed by atoms with Gasteiger partial charge in [-0.15, -0.1) is 0 Å². The minimum Gasteiger partial charge on any atom is -0.379 e. The second kappa shape index (κ2) is 8.54. The van der Waals surface area contributed by atoms with E-state index >= 15 is 0 Å². The summed E-state index contributed by atoms with van der Waals surface area (Å²) in [7, 11) is -3.75. The summed E-state index contributed by atoms with van der Waals surface area (Å²) in [6.45, 7) is 4.22. The smallest absolute Gasteiger partial charge is 0.265 e. The van der Waals surface area contributed by atoms with E-state index in [1.54, 1.807) is 18.2 Å². The molecule has 2 heterocycles. The van der Waals surface area contributed by atoms with E-state index in [4.69, 9.17) is 4.74 Å². The van der Waals surface area contributed by atoms with Crippen LogP contribution in [0.4, 0.5) is 11.4 Å². The van der Waals surface area contributed by atoms with Crippen molar-refractivity contribution in [2.24, 2.45) is 0 Å². The third-order valence-electron chi connectivity index (χ3n) is 6.03. The van der Waals surface area contributed by atoms with Gasteiger partial charge in [0, 0.05) is 30.7 Å². The molecule has 0 aromatic heterocycles. The molecule has 0 aliphatic carbocycles. The predicted octanol–water partition coefficient (Wildman–Crippen LogP) is 2.86. The summed E-state index contributed by atoms with van der Waals surface area (Å²) in [4.78, 5) is 15.3. The Balaban J connectivity index is 1.24. The maximum absolute atomic E-state index is 13.0. The first-order chi connectivity index (χ1) is 15.5. The third kappa shape index (κ3) is 3.97. The molecule has 8 heteroatoms. The molecule has 32 heavy (non-hydrogen) atoms. The zero-order chi connectivity index (χ0) is 22.1. The first-order valence-electron chi connectivity index (χ1n) is 10.8. The third-order valence-corrected chi connectivity index (χ3v) is 7.83. The summed E-state index contributed by atoms with van der Waals surface area (Å²) in [6.07, 6.45) is 0.933. The number of morpholine rings is 1. The van der Waals surface area contributed by atoms with Crippen LogP contribution < -0.4 is 9.62 Å². The number of ether oxygens (including phenoxy) is 1. The van der Waals surface area contributed by atoms with E-state index in [1.807, 2.05) is 42.5 Å². The van der Waals surface area contributed by atoms with E-state index in [0.717, 1.165) is 44.7 Å². The van der Waals surface area contributed by atoms with Crippen molar-refractivity contribution in [2.75, 3.05) is 49.0 Å². The van der Waals surface area contributed by atoms with Gasteiger partial charge in [0.2, 0.25) is 5.91 Å². The fraction of sp³-hybridized carbons (Fsp3) is 0.292. The van der Waals surface area contributed by atoms with Crippen LogP contribution in [-0.2, 0) is 26.0 Å². The van der Waals surface area contributed by atoms with Crippen LogP contribution in [0.15, 0.2) is 65.6 Å². The Labute approximate surface area is 187 Å². The summed E-state index contributed by atoms with van der Waals surface area (Å²) in [5.74, 6) is -0.376. The van der Waals surface area contributed by atoms with Gasteiger partial charge in [0.05, 0.1) is 23.8 Å². The fourth-order valence-electron chi connectivity index (χ4n) is 4.33. The molecule has 2 aliphatic heterocycles. The van der Waals surface area contributed by atoms with Crippen molar-refractivity contribution in [3.05, 3.63) is 66.2 Å². The molecule has 1 amide bonds. The number of nitrogens with one attached hydrogen (secondary N) is 1. The monoisotopic (exact) mass is 451 g/mol. The fourth-order valence-corrected chi connectivity index (χ4v) is 5.99. The molecule has 1 N–H and O–H groups in total. The van der Waals surface area contributed by atoms with Crippen molar-refractivity contribution < 1.29 is 17.9 Å². The highest BCUT2D eigenvalue weighted by molar-refractivity contribution is 7.93. The molecular weight excluding hydrogens is 426 g/mol. The zero-order valence-electron chi connectivity index (χ0n) is 17.7. The van der Waals surface area contributed by atoms with Crippen molar-refractivity contribution in [1.82, 2.24) is 4.90 Å². The van der Waals surface area contributed by atoms with E-state index < -0.39 is 10.0 Å². The second-order valence-electron chi connectivity index (χ2n) is 8.09. The summed E-state index contributed by atoms with van der Waals surface area (Å²) in [5.41, 5.74) is 2.39. The minimum atomic E-state index is -3.75. The lowest BCUT2D eigenvalue weighted by molar-refractivity contribution is -0.114. The number of benzene rings is 3. The summed E-state index contributed by atoms with van der Waals surface area (Å²) in [5, 5.41) is 4.35. The molecule has 1 fully saturated rings. The maximum atomic E-state index is 13.0. The largest absolute Gasteiger partial charge is 0.379 e. The van der Waals surface area contributed by atoms with Gasteiger partial charge in [-0.2, -0.15) is 0 Å². The molecule has 0 radical (unpaired) electrons. The molecular formula is C24H25N3O4S. The average Bonchev–Trinajstić information content (AvgIpc) is 3.02. The van der Waals surface area contributed by atoms with Crippen LogP contribution in [0, 0.1) is 0 Å². The van der Waals surface area contributed by atoms with Crippen LogP contribution in [0.1, 0.15) is 5.56 Å². The van der Waals surface area contributed by atoms with E-state index in [0.29, 0.717) is 16.8 Å². The Bertz CT molecular complexity index is 1250. The van der Waals surface area contributed by atoms with Gasteiger partial charge in [0.1, 0.15) is 6.54 Å². The molecule has 2 aliphatic rings. The highest BCUT2D eigenvalue weighted by atomic mass is 32.2. The quantitative estimate of drug-likeness (QED) is 0.624. The first kappa shape index (κ1) is 20.9. The highest BCUT2D eigenvalue weighted by Crippen LogP contribution is 2.41. The van der Waals surface area contributed by atoms with Crippen molar-refractivity contribution in [1.29, 1.82) is 0 Å². The number of hydrogen-bond acceptors (Lipinski definition) is 5. The van der Waals surface area contributed by atoms with Gasteiger partial charge in [0.25, 0.3) is 10.0 Å². The number of carbonyl (C=O) groups is 1. The zero-order valence-corrected chi connectivity index (χ0v) is 18.5. The van der Waals surface area contributed by atoms with Crippen molar-refractivity contribution in [3.63, 3.8) is 0 Å². The molecule has 0 bridgehead atoms. The summed E-state index contributed by atoms with van der Waals surface area (Å²) < 4.78 is 32.6. The van der Waals surface area contributed by atoms with Gasteiger partial charge in [-0.25, -0.2) is 8.42 Å². The normalized spacial score (nSPS) is 17.6. The van der Waals surface area contributed by atoms with E-state index in [1.165, 1.54) is 9.87 Å². The topological polar surface area (TPSA) is 79.0 Å². The minimum absolute atomic E-state index is 0.253. The van der Waals surface area contributed by atoms with Crippen LogP contribution in [0.25, 0.3) is 10.8 Å². The van der Waals surface area contributed by atoms with Gasteiger partial charge in [-0.3, -0.25) is 14.0 Å². The molecule has 5 rings (SSSR count). The maximum Gasteiger partial charge on any atom is 0.265 e. The van der Waals surface area contributed by atoms with E-state index in [-0.39, 0.29) is 17.3 Å². The van der Waals surface area contributed by atoms with E-state index in [9.17, 15) is 13.2 Å². The number of amides is 1. The second-order valence-corrected chi connectivity index (χ2v) is 9.92. The molecule has 7 nitrogen and oxygen atoms in total. The standard InChI is InChI=1S/C24H25N3O4S/c28-23(25-20-9-7-18(8-10-20)11-12-26-13-15-31-16-14-26)17-27-21-5-1-3-19-4-2-6-22(24(19)21)32(27,29)30/h1-10H,11-17H2,(H,25,28). The van der Waals surface area contributed by atoms with Crippen molar-refractivity contribution in [3.8, 4) is 0 Å². The first-order valence-corrected chi connectivity index (χ1v) is 12.2. The Hall–Kier alpha value is -2.94. The molecule has 0 atom stereocenters. The Morgan fingerprint density at radius 3 is 2.44 bits per heavy atom. The van der Waals surface area contributed by atoms with Gasteiger partial charge in [-0.1, -0.05) is 36.4 Å². The number of rotatable bonds is 6. The van der Waals surface area contributed by atoms with Crippen LogP contribution in [0.3, 0.4) is 0 Å². The lowest BCUT2D eigenvalue weighted by Crippen LogP contribution is -2.37. The predicted molar refractivity (Wildman–Crippen MR) is 125 cm³/mol. The number of hydrogen-bond donors (Lipinski definition) is 1. The molecule has 0 saturated carbocycles. The molecule has 3 aromatic rings. The molecule has 0 spiro atoms. The number of nitrogens with zero attached hydrogens (tertiary/aromatic N) is 2.